The number of pyridine rings is 1. The van der Waals surface area contributed by atoms with Crippen LogP contribution >= 0.6 is 23.2 Å². The number of fused-ring (bicyclic) bond motifs is 1. The molecule has 0 unspecified atom stereocenters. The summed E-state index contributed by atoms with van der Waals surface area (Å²) in [6.45, 7) is 0. The minimum atomic E-state index is 0.299. The quantitative estimate of drug-likeness (QED) is 0.729. The van der Waals surface area contributed by atoms with Crippen LogP contribution in [0.15, 0.2) is 24.3 Å². The van der Waals surface area contributed by atoms with E-state index < -0.39 is 0 Å². The molecule has 0 fully saturated rings. The highest BCUT2D eigenvalue weighted by molar-refractivity contribution is 6.31. The molecular formula is C15H10Cl2N2. The fraction of sp³-hybridized carbons (Fsp3) is 0.200. The number of nitrogens with zero attached hydrogens (tertiary/aromatic N) is 2. The number of benzene rings is 1. The van der Waals surface area contributed by atoms with Gasteiger partial charge in [0.1, 0.15) is 11.2 Å². The van der Waals surface area contributed by atoms with Gasteiger partial charge in [0.2, 0.25) is 0 Å². The summed E-state index contributed by atoms with van der Waals surface area (Å²) in [5.74, 6) is 0. The van der Waals surface area contributed by atoms with Gasteiger partial charge in [0.05, 0.1) is 5.56 Å². The minimum absolute atomic E-state index is 0.299. The summed E-state index contributed by atoms with van der Waals surface area (Å²) < 4.78 is 0. The number of halogens is 2. The van der Waals surface area contributed by atoms with Crippen LogP contribution in [0.4, 0.5) is 0 Å². The molecule has 0 spiro atoms. The highest BCUT2D eigenvalue weighted by atomic mass is 35.5. The lowest BCUT2D eigenvalue weighted by Gasteiger charge is -2.12. The average Bonchev–Trinajstić information content (AvgIpc) is 2.86. The zero-order valence-electron chi connectivity index (χ0n) is 10.1. The van der Waals surface area contributed by atoms with Gasteiger partial charge in [-0.3, -0.25) is 0 Å². The molecule has 2 aromatic rings. The van der Waals surface area contributed by atoms with Crippen molar-refractivity contribution < 1.29 is 0 Å². The summed E-state index contributed by atoms with van der Waals surface area (Å²) in [7, 11) is 0. The standard InChI is InChI=1S/C15H10Cl2N2/c16-10-6-4-9(5-7-10)14-11-2-1-3-13(11)19-15(17)12(14)8-18/h4-7H,1-3H2. The molecule has 0 saturated carbocycles. The second-order valence-electron chi connectivity index (χ2n) is 4.55. The molecule has 94 valence electrons. The molecule has 3 rings (SSSR count). The maximum Gasteiger partial charge on any atom is 0.147 e. The molecule has 0 saturated heterocycles. The van der Waals surface area contributed by atoms with E-state index >= 15 is 0 Å². The molecular weight excluding hydrogens is 279 g/mol. The molecule has 0 bridgehead atoms. The minimum Gasteiger partial charge on any atom is -0.239 e. The van der Waals surface area contributed by atoms with Crippen molar-refractivity contribution in [2.75, 3.05) is 0 Å². The number of hydrogen-bond acceptors (Lipinski definition) is 2. The molecule has 1 heterocycles. The van der Waals surface area contributed by atoms with E-state index in [9.17, 15) is 5.26 Å². The lowest BCUT2D eigenvalue weighted by atomic mass is 9.95. The van der Waals surface area contributed by atoms with Crippen molar-refractivity contribution in [3.63, 3.8) is 0 Å². The number of aryl methyl sites for hydroxylation is 1. The average molecular weight is 289 g/mol. The number of rotatable bonds is 1. The maximum absolute atomic E-state index is 9.35. The van der Waals surface area contributed by atoms with E-state index in [0.717, 1.165) is 41.6 Å². The van der Waals surface area contributed by atoms with Crippen LogP contribution in [0, 0.1) is 11.3 Å². The van der Waals surface area contributed by atoms with Gasteiger partial charge in [-0.25, -0.2) is 4.98 Å². The Hall–Kier alpha value is -1.56. The third-order valence-corrected chi connectivity index (χ3v) is 3.95. The zero-order chi connectivity index (χ0) is 13.4. The summed E-state index contributed by atoms with van der Waals surface area (Å²) in [4.78, 5) is 4.35. The first-order valence-electron chi connectivity index (χ1n) is 6.08. The molecule has 2 nitrogen and oxygen atoms in total. The highest BCUT2D eigenvalue weighted by Gasteiger charge is 2.23. The Labute approximate surface area is 121 Å². The van der Waals surface area contributed by atoms with E-state index in [2.05, 4.69) is 11.1 Å². The summed E-state index contributed by atoms with van der Waals surface area (Å²) in [5, 5.41) is 10.3. The van der Waals surface area contributed by atoms with Gasteiger partial charge >= 0.3 is 0 Å². The zero-order valence-corrected chi connectivity index (χ0v) is 11.6. The molecule has 19 heavy (non-hydrogen) atoms. The van der Waals surface area contributed by atoms with Gasteiger partial charge in [-0.1, -0.05) is 35.3 Å². The summed E-state index contributed by atoms with van der Waals surface area (Å²) in [5.41, 5.74) is 4.54. The molecule has 1 aliphatic rings. The Bertz CT molecular complexity index is 684. The van der Waals surface area contributed by atoms with E-state index in [-0.39, 0.29) is 0 Å². The Morgan fingerprint density at radius 1 is 1.11 bits per heavy atom. The van der Waals surface area contributed by atoms with E-state index in [1.165, 1.54) is 0 Å². The van der Waals surface area contributed by atoms with E-state index in [0.29, 0.717) is 15.7 Å². The molecule has 0 aliphatic heterocycles. The fourth-order valence-corrected chi connectivity index (χ4v) is 2.95. The van der Waals surface area contributed by atoms with Crippen LogP contribution in [-0.2, 0) is 12.8 Å². The molecule has 0 atom stereocenters. The predicted molar refractivity (Wildman–Crippen MR) is 76.4 cm³/mol. The van der Waals surface area contributed by atoms with E-state index in [4.69, 9.17) is 23.2 Å². The second-order valence-corrected chi connectivity index (χ2v) is 5.34. The van der Waals surface area contributed by atoms with Crippen molar-refractivity contribution in [3.8, 4) is 17.2 Å². The van der Waals surface area contributed by atoms with Crippen molar-refractivity contribution in [2.24, 2.45) is 0 Å². The van der Waals surface area contributed by atoms with Crippen molar-refractivity contribution >= 4 is 23.2 Å². The van der Waals surface area contributed by atoms with Crippen LogP contribution in [0.1, 0.15) is 23.2 Å². The first-order valence-corrected chi connectivity index (χ1v) is 6.83. The number of hydrogen-bond donors (Lipinski definition) is 0. The second kappa shape index (κ2) is 4.85. The van der Waals surface area contributed by atoms with Gasteiger partial charge < -0.3 is 0 Å². The molecule has 1 aromatic heterocycles. The van der Waals surface area contributed by atoms with Gasteiger partial charge in [0.25, 0.3) is 0 Å². The molecule has 1 aliphatic carbocycles. The van der Waals surface area contributed by atoms with Crippen LogP contribution < -0.4 is 0 Å². The van der Waals surface area contributed by atoms with Gasteiger partial charge in [-0.05, 0) is 42.5 Å². The lowest BCUT2D eigenvalue weighted by molar-refractivity contribution is 0.899. The smallest absolute Gasteiger partial charge is 0.147 e. The largest absolute Gasteiger partial charge is 0.239 e. The van der Waals surface area contributed by atoms with Gasteiger partial charge in [-0.15, -0.1) is 0 Å². The normalized spacial score (nSPS) is 13.1. The van der Waals surface area contributed by atoms with Gasteiger partial charge in [0, 0.05) is 16.3 Å². The van der Waals surface area contributed by atoms with Crippen LogP contribution in [0.3, 0.4) is 0 Å². The maximum atomic E-state index is 9.35. The molecule has 4 heteroatoms. The molecule has 0 N–H and O–H groups in total. The first-order chi connectivity index (χ1) is 9.20. The summed E-state index contributed by atoms with van der Waals surface area (Å²) >= 11 is 12.1. The molecule has 0 radical (unpaired) electrons. The lowest BCUT2D eigenvalue weighted by Crippen LogP contribution is -1.98. The predicted octanol–water partition coefficient (Wildman–Crippen LogP) is 4.42. The fourth-order valence-electron chi connectivity index (χ4n) is 2.59. The van der Waals surface area contributed by atoms with E-state index in [1.807, 2.05) is 24.3 Å². The summed E-state index contributed by atoms with van der Waals surface area (Å²) in [6.07, 6.45) is 2.95. The highest BCUT2D eigenvalue weighted by Crippen LogP contribution is 2.37. The first kappa shape index (κ1) is 12.5. The molecule has 1 aromatic carbocycles. The van der Waals surface area contributed by atoms with Crippen molar-refractivity contribution in [1.29, 1.82) is 5.26 Å². The van der Waals surface area contributed by atoms with Crippen LogP contribution in [0.2, 0.25) is 10.2 Å². The number of nitriles is 1. The SMILES string of the molecule is N#Cc1c(Cl)nc2c(c1-c1ccc(Cl)cc1)CCC2. The van der Waals surface area contributed by atoms with E-state index in [1.54, 1.807) is 0 Å². The van der Waals surface area contributed by atoms with Gasteiger partial charge in [0.15, 0.2) is 0 Å². The van der Waals surface area contributed by atoms with Crippen LogP contribution in [-0.4, -0.2) is 4.98 Å². The van der Waals surface area contributed by atoms with Crippen molar-refractivity contribution in [1.82, 2.24) is 4.98 Å². The Balaban J connectivity index is 2.30. The number of aromatic nitrogens is 1. The summed E-state index contributed by atoms with van der Waals surface area (Å²) in [6, 6.07) is 9.68. The van der Waals surface area contributed by atoms with Crippen LogP contribution in [0.25, 0.3) is 11.1 Å². The third-order valence-electron chi connectivity index (χ3n) is 3.42. The van der Waals surface area contributed by atoms with Gasteiger partial charge in [-0.2, -0.15) is 5.26 Å². The topological polar surface area (TPSA) is 36.7 Å². The third kappa shape index (κ3) is 2.10. The van der Waals surface area contributed by atoms with Crippen LogP contribution in [0.5, 0.6) is 0 Å². The Kier molecular flexibility index (Phi) is 3.18. The molecule has 0 amide bonds. The van der Waals surface area contributed by atoms with Crippen molar-refractivity contribution in [3.05, 3.63) is 51.3 Å². The monoisotopic (exact) mass is 288 g/mol. The van der Waals surface area contributed by atoms with Crippen molar-refractivity contribution in [2.45, 2.75) is 19.3 Å². The Morgan fingerprint density at radius 3 is 2.53 bits per heavy atom. The Morgan fingerprint density at radius 2 is 1.84 bits per heavy atom.